The molecule has 3 rings (SSSR count). The lowest BCUT2D eigenvalue weighted by molar-refractivity contribution is -0.0417. The minimum atomic E-state index is -1.05. The predicted octanol–water partition coefficient (Wildman–Crippen LogP) is -0.280. The summed E-state index contributed by atoms with van der Waals surface area (Å²) in [6.45, 7) is -0.401. The second kappa shape index (κ2) is 3.25. The molecule has 0 amide bonds. The van der Waals surface area contributed by atoms with Gasteiger partial charge in [0.2, 0.25) is 11.8 Å². The predicted molar refractivity (Wildman–Crippen MR) is 56.6 cm³/mol. The molecule has 2 unspecified atom stereocenters. The van der Waals surface area contributed by atoms with Crippen LogP contribution in [0, 0.1) is 0 Å². The molecule has 0 fully saturated rings. The van der Waals surface area contributed by atoms with Crippen LogP contribution in [0.5, 0.6) is 11.8 Å². The van der Waals surface area contributed by atoms with E-state index in [1.54, 1.807) is 12.2 Å². The Balaban J connectivity index is 2.21. The third-order valence-corrected chi connectivity index (χ3v) is 3.39. The van der Waals surface area contributed by atoms with E-state index in [1.165, 1.54) is 4.57 Å². The highest BCUT2D eigenvalue weighted by molar-refractivity contribution is 5.58. The third-order valence-electron chi connectivity index (χ3n) is 3.39. The summed E-state index contributed by atoms with van der Waals surface area (Å²) in [6, 6.07) is 0. The van der Waals surface area contributed by atoms with E-state index in [0.717, 1.165) is 0 Å². The molecule has 1 aromatic rings. The van der Waals surface area contributed by atoms with Crippen molar-refractivity contribution in [2.45, 2.75) is 18.2 Å². The van der Waals surface area contributed by atoms with Crippen LogP contribution in [0.4, 0.5) is 0 Å². The fourth-order valence-corrected chi connectivity index (χ4v) is 2.63. The maximum atomic E-state index is 10.0. The van der Waals surface area contributed by atoms with E-state index in [-0.39, 0.29) is 31.5 Å². The van der Waals surface area contributed by atoms with E-state index in [2.05, 4.69) is 0 Å². The molecule has 0 aromatic carbocycles. The van der Waals surface area contributed by atoms with E-state index >= 15 is 0 Å². The molecule has 4 N–H and O–H groups in total. The monoisotopic (exact) mass is 239 g/mol. The number of aromatic hydroxyl groups is 2. The second-order valence-electron chi connectivity index (χ2n) is 4.26. The Labute approximate surface area is 97.0 Å². The quantitative estimate of drug-likeness (QED) is 0.544. The van der Waals surface area contributed by atoms with Crippen LogP contribution >= 0.6 is 0 Å². The van der Waals surface area contributed by atoms with Crippen molar-refractivity contribution in [2.24, 2.45) is 0 Å². The second-order valence-corrected chi connectivity index (χ2v) is 4.26. The molecule has 92 valence electrons. The summed E-state index contributed by atoms with van der Waals surface area (Å²) < 4.78 is 6.78. The van der Waals surface area contributed by atoms with Crippen LogP contribution in [0.25, 0.3) is 0 Å². The molecule has 3 heterocycles. The van der Waals surface area contributed by atoms with Crippen molar-refractivity contribution < 1.29 is 25.2 Å². The van der Waals surface area contributed by atoms with Gasteiger partial charge in [-0.2, -0.15) is 0 Å². The van der Waals surface area contributed by atoms with E-state index in [0.29, 0.717) is 11.1 Å². The first-order chi connectivity index (χ1) is 8.14. The van der Waals surface area contributed by atoms with E-state index in [9.17, 15) is 15.3 Å². The van der Waals surface area contributed by atoms with Crippen molar-refractivity contribution in [3.63, 3.8) is 0 Å². The Morgan fingerprint density at radius 2 is 2.06 bits per heavy atom. The Kier molecular flexibility index (Phi) is 2.04. The van der Waals surface area contributed by atoms with Gasteiger partial charge in [0.05, 0.1) is 30.9 Å². The van der Waals surface area contributed by atoms with Gasteiger partial charge in [-0.1, -0.05) is 6.08 Å². The van der Waals surface area contributed by atoms with Crippen LogP contribution in [-0.2, 0) is 16.9 Å². The fourth-order valence-electron chi connectivity index (χ4n) is 2.63. The zero-order chi connectivity index (χ0) is 12.2. The molecule has 1 aromatic heterocycles. The van der Waals surface area contributed by atoms with Crippen LogP contribution < -0.4 is 0 Å². The fraction of sp³-hybridized carbons (Fsp3) is 0.455. The average Bonchev–Trinajstić information content (AvgIpc) is 2.96. The molecule has 2 atom stereocenters. The number of hydrogen-bond acceptors (Lipinski definition) is 5. The molecule has 6 nitrogen and oxygen atoms in total. The van der Waals surface area contributed by atoms with Gasteiger partial charge >= 0.3 is 0 Å². The number of nitrogens with zero attached hydrogens (tertiary/aromatic N) is 1. The van der Waals surface area contributed by atoms with E-state index in [4.69, 9.17) is 9.84 Å². The molecule has 2 aliphatic rings. The molecule has 0 saturated carbocycles. The Morgan fingerprint density at radius 1 is 1.29 bits per heavy atom. The number of aliphatic hydroxyl groups excluding tert-OH is 2. The molecule has 0 saturated heterocycles. The maximum Gasteiger partial charge on any atom is 0.201 e. The van der Waals surface area contributed by atoms with Crippen molar-refractivity contribution in [3.8, 4) is 11.8 Å². The number of ether oxygens (including phenoxy) is 1. The summed E-state index contributed by atoms with van der Waals surface area (Å²) in [5, 5.41) is 38.3. The lowest BCUT2D eigenvalue weighted by Crippen LogP contribution is -2.25. The molecule has 2 aliphatic heterocycles. The lowest BCUT2D eigenvalue weighted by Gasteiger charge is -2.20. The van der Waals surface area contributed by atoms with Gasteiger partial charge in [0.15, 0.2) is 0 Å². The number of hydrogen-bond donors (Lipinski definition) is 4. The van der Waals surface area contributed by atoms with Gasteiger partial charge in [0, 0.05) is 0 Å². The maximum absolute atomic E-state index is 10.0. The molecule has 6 heteroatoms. The van der Waals surface area contributed by atoms with Gasteiger partial charge < -0.3 is 25.2 Å². The number of aromatic nitrogens is 1. The number of rotatable bonds is 3. The van der Waals surface area contributed by atoms with Crippen molar-refractivity contribution in [2.75, 3.05) is 13.2 Å². The summed E-state index contributed by atoms with van der Waals surface area (Å²) in [4.78, 5) is 0. The van der Waals surface area contributed by atoms with E-state index in [1.807, 2.05) is 0 Å². The van der Waals surface area contributed by atoms with Crippen molar-refractivity contribution in [1.29, 1.82) is 0 Å². The van der Waals surface area contributed by atoms with Crippen LogP contribution in [0.1, 0.15) is 17.2 Å². The highest BCUT2D eigenvalue weighted by Crippen LogP contribution is 2.57. The molecular weight excluding hydrogens is 226 g/mol. The summed E-state index contributed by atoms with van der Waals surface area (Å²) in [7, 11) is 0. The van der Waals surface area contributed by atoms with Crippen LogP contribution in [0.2, 0.25) is 0 Å². The lowest BCUT2D eigenvalue weighted by atomic mass is 9.90. The van der Waals surface area contributed by atoms with Gasteiger partial charge in [-0.3, -0.25) is 4.57 Å². The van der Waals surface area contributed by atoms with Gasteiger partial charge in [-0.05, 0) is 6.08 Å². The summed E-state index contributed by atoms with van der Waals surface area (Å²) in [5.41, 5.74) is -0.173. The summed E-state index contributed by atoms with van der Waals surface area (Å²) in [5.74, 6) is -0.274. The smallest absolute Gasteiger partial charge is 0.201 e. The van der Waals surface area contributed by atoms with Crippen molar-refractivity contribution >= 4 is 0 Å². The first kappa shape index (κ1) is 10.6. The SMILES string of the molecule is OCCn1c(O)c2c(c1O)C1(CO)C=CC2O1. The Hall–Kier alpha value is -1.50. The average molecular weight is 239 g/mol. The van der Waals surface area contributed by atoms with Gasteiger partial charge in [0.25, 0.3) is 0 Å². The molecule has 0 aliphatic carbocycles. The number of aliphatic hydroxyl groups is 2. The molecule has 17 heavy (non-hydrogen) atoms. The normalized spacial score (nSPS) is 28.9. The van der Waals surface area contributed by atoms with Crippen LogP contribution in [0.15, 0.2) is 12.2 Å². The Bertz CT molecular complexity index is 506. The topological polar surface area (TPSA) is 95.1 Å². The van der Waals surface area contributed by atoms with Gasteiger partial charge in [0.1, 0.15) is 11.7 Å². The molecule has 0 radical (unpaired) electrons. The van der Waals surface area contributed by atoms with Gasteiger partial charge in [-0.25, -0.2) is 0 Å². The number of fused-ring (bicyclic) bond motifs is 5. The highest BCUT2D eigenvalue weighted by Gasteiger charge is 2.52. The largest absolute Gasteiger partial charge is 0.494 e. The molecule has 0 spiro atoms. The first-order valence-corrected chi connectivity index (χ1v) is 5.38. The third kappa shape index (κ3) is 1.09. The molecule has 2 bridgehead atoms. The van der Waals surface area contributed by atoms with Crippen LogP contribution in [0.3, 0.4) is 0 Å². The minimum absolute atomic E-state index is 0.0961. The molecular formula is C11H13NO5. The Morgan fingerprint density at radius 3 is 2.71 bits per heavy atom. The summed E-state index contributed by atoms with van der Waals surface area (Å²) in [6.07, 6.45) is 2.98. The highest BCUT2D eigenvalue weighted by atomic mass is 16.5. The van der Waals surface area contributed by atoms with Gasteiger partial charge in [-0.15, -0.1) is 0 Å². The zero-order valence-corrected chi connectivity index (χ0v) is 9.00. The summed E-state index contributed by atoms with van der Waals surface area (Å²) >= 11 is 0. The first-order valence-electron chi connectivity index (χ1n) is 5.38. The van der Waals surface area contributed by atoms with E-state index < -0.39 is 11.7 Å². The zero-order valence-electron chi connectivity index (χ0n) is 9.00. The standard InChI is InChI=1S/C11H13NO5/c13-4-3-12-9(15)7-6-1-2-11(5-14,17-6)8(7)10(12)16/h1-2,6,13-16H,3-5H2. The van der Waals surface area contributed by atoms with Crippen molar-refractivity contribution in [3.05, 3.63) is 23.3 Å². The minimum Gasteiger partial charge on any atom is -0.494 e. The van der Waals surface area contributed by atoms with Crippen molar-refractivity contribution in [1.82, 2.24) is 4.57 Å². The van der Waals surface area contributed by atoms with Crippen LogP contribution in [-0.4, -0.2) is 38.2 Å².